The van der Waals surface area contributed by atoms with E-state index in [1.165, 1.54) is 49.9 Å². The van der Waals surface area contributed by atoms with E-state index in [-0.39, 0.29) is 24.0 Å². The molecule has 0 aliphatic carbocycles. The van der Waals surface area contributed by atoms with Crippen LogP contribution < -0.4 is 10.6 Å². The van der Waals surface area contributed by atoms with Crippen LogP contribution in [0.25, 0.3) is 5.65 Å². The molecule has 7 nitrogen and oxygen atoms in total. The molecule has 3 heterocycles. The summed E-state index contributed by atoms with van der Waals surface area (Å²) in [5.41, 5.74) is 3.46. The molecular weight excluding hydrogens is 513 g/mol. The van der Waals surface area contributed by atoms with Crippen LogP contribution in [-0.2, 0) is 19.6 Å². The molecule has 2 N–H and O–H groups in total. The summed E-state index contributed by atoms with van der Waals surface area (Å²) >= 11 is 0. The number of fused-ring (bicyclic) bond motifs is 1. The summed E-state index contributed by atoms with van der Waals surface area (Å²) in [6, 6.07) is 14.7. The van der Waals surface area contributed by atoms with Crippen molar-refractivity contribution < 1.29 is 0 Å². The molecule has 1 fully saturated rings. The zero-order valence-corrected chi connectivity index (χ0v) is 21.2. The molecular formula is C24H34IN7. The predicted molar refractivity (Wildman–Crippen MR) is 140 cm³/mol. The van der Waals surface area contributed by atoms with Crippen molar-refractivity contribution >= 4 is 35.6 Å². The van der Waals surface area contributed by atoms with Gasteiger partial charge in [-0.2, -0.15) is 0 Å². The van der Waals surface area contributed by atoms with E-state index in [1.807, 2.05) is 28.8 Å². The Bertz CT molecular complexity index is 993. The van der Waals surface area contributed by atoms with Gasteiger partial charge >= 0.3 is 0 Å². The Kier molecular flexibility index (Phi) is 9.73. The highest BCUT2D eigenvalue weighted by atomic mass is 127. The molecule has 1 aliphatic rings. The molecule has 4 rings (SSSR count). The van der Waals surface area contributed by atoms with Gasteiger partial charge in [0.15, 0.2) is 17.4 Å². The van der Waals surface area contributed by atoms with Crippen LogP contribution in [0.4, 0.5) is 0 Å². The van der Waals surface area contributed by atoms with Crippen LogP contribution in [0, 0.1) is 0 Å². The summed E-state index contributed by atoms with van der Waals surface area (Å²) in [6.45, 7) is 7.56. The lowest BCUT2D eigenvalue weighted by atomic mass is 10.1. The monoisotopic (exact) mass is 547 g/mol. The number of hydrogen-bond donors (Lipinski definition) is 2. The van der Waals surface area contributed by atoms with Crippen molar-refractivity contribution in [1.29, 1.82) is 0 Å². The molecule has 1 aliphatic heterocycles. The Morgan fingerprint density at radius 1 is 0.969 bits per heavy atom. The average molecular weight is 547 g/mol. The summed E-state index contributed by atoms with van der Waals surface area (Å²) in [5.74, 6) is 1.65. The summed E-state index contributed by atoms with van der Waals surface area (Å²) in [6.07, 6.45) is 7.37. The molecule has 8 heteroatoms. The fraction of sp³-hybridized carbons (Fsp3) is 0.458. The Hall–Kier alpha value is -2.20. The lowest BCUT2D eigenvalue weighted by Gasteiger charge is -2.20. The molecule has 0 atom stereocenters. The number of aromatic nitrogens is 3. The van der Waals surface area contributed by atoms with Crippen molar-refractivity contribution in [3.63, 3.8) is 0 Å². The fourth-order valence-electron chi connectivity index (χ4n) is 4.07. The quantitative estimate of drug-likeness (QED) is 0.266. The first kappa shape index (κ1) is 24.4. The molecule has 0 amide bonds. The first-order valence-electron chi connectivity index (χ1n) is 11.4. The number of guanidine groups is 1. The number of nitrogens with one attached hydrogen (secondary N) is 2. The highest BCUT2D eigenvalue weighted by Gasteiger charge is 2.10. The number of aliphatic imine (C=N–C) groups is 1. The minimum absolute atomic E-state index is 0. The van der Waals surface area contributed by atoms with Gasteiger partial charge in [0.1, 0.15) is 0 Å². The molecule has 2 aromatic heterocycles. The van der Waals surface area contributed by atoms with Gasteiger partial charge in [-0.3, -0.25) is 9.30 Å². The van der Waals surface area contributed by atoms with E-state index in [0.717, 1.165) is 30.5 Å². The number of hydrogen-bond acceptors (Lipinski definition) is 4. The van der Waals surface area contributed by atoms with Gasteiger partial charge in [-0.25, -0.2) is 4.99 Å². The van der Waals surface area contributed by atoms with Crippen LogP contribution in [0.2, 0.25) is 0 Å². The standard InChI is InChI=1S/C24H33N7.HI/c1-2-25-24(27-18-23-29-28-22-12-5-8-15-31(22)23)26-17-20-10-9-11-21(16-20)19-30-13-6-3-4-7-14-30;/h5,8-12,15-16H,2-4,6-7,13-14,17-19H2,1H3,(H2,25,26,27);1H. The number of nitrogens with zero attached hydrogens (tertiary/aromatic N) is 5. The van der Waals surface area contributed by atoms with E-state index >= 15 is 0 Å². The lowest BCUT2D eigenvalue weighted by molar-refractivity contribution is 0.277. The van der Waals surface area contributed by atoms with Crippen LogP contribution in [0.5, 0.6) is 0 Å². The smallest absolute Gasteiger partial charge is 0.191 e. The van der Waals surface area contributed by atoms with Crippen LogP contribution in [0.3, 0.4) is 0 Å². The van der Waals surface area contributed by atoms with Gasteiger partial charge in [0.2, 0.25) is 0 Å². The highest BCUT2D eigenvalue weighted by Crippen LogP contribution is 2.14. The second kappa shape index (κ2) is 12.7. The molecule has 0 spiro atoms. The van der Waals surface area contributed by atoms with Gasteiger partial charge in [-0.1, -0.05) is 43.2 Å². The first-order chi connectivity index (χ1) is 15.3. The lowest BCUT2D eigenvalue weighted by Crippen LogP contribution is -2.37. The van der Waals surface area contributed by atoms with Crippen molar-refractivity contribution in [3.8, 4) is 0 Å². The van der Waals surface area contributed by atoms with Crippen molar-refractivity contribution in [1.82, 2.24) is 30.1 Å². The van der Waals surface area contributed by atoms with Crippen molar-refractivity contribution in [2.24, 2.45) is 4.99 Å². The topological polar surface area (TPSA) is 69.8 Å². The maximum atomic E-state index is 4.79. The van der Waals surface area contributed by atoms with Gasteiger partial charge < -0.3 is 10.6 Å². The van der Waals surface area contributed by atoms with E-state index in [9.17, 15) is 0 Å². The molecule has 3 aromatic rings. The average Bonchev–Trinajstić information content (AvgIpc) is 3.03. The Labute approximate surface area is 207 Å². The third-order valence-electron chi connectivity index (χ3n) is 5.66. The fourth-order valence-corrected chi connectivity index (χ4v) is 4.07. The van der Waals surface area contributed by atoms with Gasteiger partial charge in [-0.05, 0) is 56.1 Å². The third kappa shape index (κ3) is 6.90. The number of benzene rings is 1. The maximum absolute atomic E-state index is 4.79. The van der Waals surface area contributed by atoms with Crippen molar-refractivity contribution in [2.75, 3.05) is 19.6 Å². The number of rotatable bonds is 7. The van der Waals surface area contributed by atoms with E-state index in [0.29, 0.717) is 13.1 Å². The second-order valence-corrected chi connectivity index (χ2v) is 8.10. The van der Waals surface area contributed by atoms with Gasteiger partial charge in [0.05, 0.1) is 13.1 Å². The number of pyridine rings is 1. The van der Waals surface area contributed by atoms with E-state index in [2.05, 4.69) is 56.9 Å². The second-order valence-electron chi connectivity index (χ2n) is 8.10. The largest absolute Gasteiger partial charge is 0.357 e. The molecule has 0 saturated carbocycles. The molecule has 0 unspecified atom stereocenters. The summed E-state index contributed by atoms with van der Waals surface area (Å²) in [4.78, 5) is 7.38. The summed E-state index contributed by atoms with van der Waals surface area (Å²) < 4.78 is 1.99. The third-order valence-corrected chi connectivity index (χ3v) is 5.66. The van der Waals surface area contributed by atoms with Crippen molar-refractivity contribution in [3.05, 3.63) is 65.6 Å². The Morgan fingerprint density at radius 3 is 2.59 bits per heavy atom. The zero-order chi connectivity index (χ0) is 21.3. The predicted octanol–water partition coefficient (Wildman–Crippen LogP) is 3.98. The maximum Gasteiger partial charge on any atom is 0.191 e. The van der Waals surface area contributed by atoms with Gasteiger partial charge in [-0.15, -0.1) is 34.2 Å². The summed E-state index contributed by atoms with van der Waals surface area (Å²) in [7, 11) is 0. The molecule has 0 bridgehead atoms. The van der Waals surface area contributed by atoms with E-state index in [4.69, 9.17) is 4.99 Å². The number of halogens is 1. The zero-order valence-electron chi connectivity index (χ0n) is 18.8. The van der Waals surface area contributed by atoms with Crippen molar-refractivity contribution in [2.45, 2.75) is 52.2 Å². The molecule has 32 heavy (non-hydrogen) atoms. The molecule has 172 valence electrons. The molecule has 1 saturated heterocycles. The van der Waals surface area contributed by atoms with Crippen LogP contribution >= 0.6 is 24.0 Å². The van der Waals surface area contributed by atoms with Gasteiger partial charge in [0.25, 0.3) is 0 Å². The van der Waals surface area contributed by atoms with Crippen LogP contribution in [0.15, 0.2) is 53.7 Å². The normalized spacial score (nSPS) is 15.2. The Balaban J connectivity index is 0.00000289. The number of likely N-dealkylation sites (tertiary alicyclic amines) is 1. The minimum atomic E-state index is 0. The van der Waals surface area contributed by atoms with Crippen LogP contribution in [0.1, 0.15) is 49.6 Å². The minimum Gasteiger partial charge on any atom is -0.357 e. The summed E-state index contributed by atoms with van der Waals surface area (Å²) in [5, 5.41) is 15.2. The highest BCUT2D eigenvalue weighted by molar-refractivity contribution is 14.0. The SMILES string of the molecule is CCNC(=NCc1cccc(CN2CCCCCC2)c1)NCc1nnc2ccccn12.I. The van der Waals surface area contributed by atoms with Crippen LogP contribution in [-0.4, -0.2) is 45.1 Å². The molecule has 1 aromatic carbocycles. The first-order valence-corrected chi connectivity index (χ1v) is 11.4. The molecule has 0 radical (unpaired) electrons. The van der Waals surface area contributed by atoms with E-state index in [1.54, 1.807) is 0 Å². The van der Waals surface area contributed by atoms with Gasteiger partial charge in [0, 0.05) is 19.3 Å². The Morgan fingerprint density at radius 2 is 1.78 bits per heavy atom. The van der Waals surface area contributed by atoms with E-state index < -0.39 is 0 Å².